The van der Waals surface area contributed by atoms with Gasteiger partial charge in [-0.3, -0.25) is 0 Å². The average molecular weight is 234 g/mol. The SMILES string of the molecule is Cc1ccc(Oc2cccc(CCl)n2)cc1. The van der Waals surface area contributed by atoms with E-state index in [9.17, 15) is 0 Å². The van der Waals surface area contributed by atoms with Gasteiger partial charge in [-0.15, -0.1) is 11.6 Å². The first-order valence-corrected chi connectivity index (χ1v) is 5.58. The first-order chi connectivity index (χ1) is 7.78. The Morgan fingerprint density at radius 3 is 2.56 bits per heavy atom. The second kappa shape index (κ2) is 4.99. The van der Waals surface area contributed by atoms with Crippen molar-refractivity contribution in [3.05, 3.63) is 53.7 Å². The van der Waals surface area contributed by atoms with Crippen LogP contribution in [0.5, 0.6) is 11.6 Å². The fourth-order valence-electron chi connectivity index (χ4n) is 1.32. The minimum absolute atomic E-state index is 0.394. The van der Waals surface area contributed by atoms with Gasteiger partial charge in [-0.05, 0) is 25.1 Å². The Bertz CT molecular complexity index is 468. The number of benzene rings is 1. The summed E-state index contributed by atoms with van der Waals surface area (Å²) in [7, 11) is 0. The summed E-state index contributed by atoms with van der Waals surface area (Å²) in [5.41, 5.74) is 2.01. The molecule has 1 heterocycles. The number of aryl methyl sites for hydroxylation is 1. The third-order valence-corrected chi connectivity index (χ3v) is 2.44. The van der Waals surface area contributed by atoms with E-state index in [-0.39, 0.29) is 0 Å². The predicted molar refractivity (Wildman–Crippen MR) is 65.0 cm³/mol. The maximum atomic E-state index is 5.70. The molecule has 0 aliphatic carbocycles. The summed E-state index contributed by atoms with van der Waals surface area (Å²) in [4.78, 5) is 4.25. The molecular formula is C13H12ClNO. The molecule has 0 atom stereocenters. The fourth-order valence-corrected chi connectivity index (χ4v) is 1.46. The molecule has 0 aliphatic rings. The van der Waals surface area contributed by atoms with E-state index >= 15 is 0 Å². The van der Waals surface area contributed by atoms with Crippen LogP contribution in [-0.4, -0.2) is 4.98 Å². The zero-order valence-corrected chi connectivity index (χ0v) is 9.74. The Balaban J connectivity index is 2.16. The van der Waals surface area contributed by atoms with Crippen LogP contribution >= 0.6 is 11.6 Å². The minimum Gasteiger partial charge on any atom is -0.439 e. The lowest BCUT2D eigenvalue weighted by Gasteiger charge is -2.05. The van der Waals surface area contributed by atoms with Crippen molar-refractivity contribution in [1.29, 1.82) is 0 Å². The molecule has 1 aromatic heterocycles. The Labute approximate surface area is 99.9 Å². The van der Waals surface area contributed by atoms with Crippen LogP contribution in [0.25, 0.3) is 0 Å². The standard InChI is InChI=1S/C13H12ClNO/c1-10-5-7-12(8-6-10)16-13-4-2-3-11(9-14)15-13/h2-8H,9H2,1H3. The summed E-state index contributed by atoms with van der Waals surface area (Å²) in [5.74, 6) is 1.75. The number of ether oxygens (including phenoxy) is 1. The number of nitrogens with zero attached hydrogens (tertiary/aromatic N) is 1. The van der Waals surface area contributed by atoms with E-state index in [0.717, 1.165) is 11.4 Å². The van der Waals surface area contributed by atoms with Crippen molar-refractivity contribution in [2.45, 2.75) is 12.8 Å². The molecule has 0 unspecified atom stereocenters. The van der Waals surface area contributed by atoms with Crippen LogP contribution in [0.15, 0.2) is 42.5 Å². The lowest BCUT2D eigenvalue weighted by molar-refractivity contribution is 0.461. The molecule has 0 fully saturated rings. The van der Waals surface area contributed by atoms with E-state index in [0.29, 0.717) is 11.8 Å². The van der Waals surface area contributed by atoms with E-state index in [1.807, 2.05) is 49.4 Å². The van der Waals surface area contributed by atoms with Crippen LogP contribution in [-0.2, 0) is 5.88 Å². The highest BCUT2D eigenvalue weighted by Crippen LogP contribution is 2.20. The van der Waals surface area contributed by atoms with Crippen molar-refractivity contribution in [2.75, 3.05) is 0 Å². The monoisotopic (exact) mass is 233 g/mol. The van der Waals surface area contributed by atoms with Crippen LogP contribution in [0, 0.1) is 6.92 Å². The topological polar surface area (TPSA) is 22.1 Å². The van der Waals surface area contributed by atoms with Crippen molar-refractivity contribution in [1.82, 2.24) is 4.98 Å². The predicted octanol–water partition coefficient (Wildman–Crippen LogP) is 3.92. The van der Waals surface area contributed by atoms with Gasteiger partial charge >= 0.3 is 0 Å². The normalized spacial score (nSPS) is 10.1. The number of hydrogen-bond acceptors (Lipinski definition) is 2. The van der Waals surface area contributed by atoms with Crippen molar-refractivity contribution >= 4 is 11.6 Å². The summed E-state index contributed by atoms with van der Waals surface area (Å²) in [6, 6.07) is 13.4. The summed E-state index contributed by atoms with van der Waals surface area (Å²) in [6.45, 7) is 2.04. The summed E-state index contributed by atoms with van der Waals surface area (Å²) in [6.07, 6.45) is 0. The van der Waals surface area contributed by atoms with E-state index in [1.54, 1.807) is 0 Å². The molecule has 0 bridgehead atoms. The van der Waals surface area contributed by atoms with Crippen LogP contribution in [0.2, 0.25) is 0 Å². The molecule has 0 radical (unpaired) electrons. The van der Waals surface area contributed by atoms with Gasteiger partial charge in [-0.2, -0.15) is 0 Å². The second-order valence-corrected chi connectivity index (χ2v) is 3.78. The van der Waals surface area contributed by atoms with E-state index in [1.165, 1.54) is 5.56 Å². The number of alkyl halides is 1. The molecule has 0 N–H and O–H groups in total. The van der Waals surface area contributed by atoms with Gasteiger partial charge in [0.1, 0.15) is 5.75 Å². The molecule has 2 nitrogen and oxygen atoms in total. The molecule has 2 aromatic rings. The Kier molecular flexibility index (Phi) is 3.42. The molecule has 3 heteroatoms. The lowest BCUT2D eigenvalue weighted by atomic mass is 10.2. The van der Waals surface area contributed by atoms with Crippen LogP contribution in [0.4, 0.5) is 0 Å². The second-order valence-electron chi connectivity index (χ2n) is 3.52. The summed E-state index contributed by atoms with van der Waals surface area (Å²) >= 11 is 5.70. The Morgan fingerprint density at radius 1 is 1.12 bits per heavy atom. The molecule has 0 amide bonds. The summed E-state index contributed by atoms with van der Waals surface area (Å²) < 4.78 is 5.61. The van der Waals surface area contributed by atoms with Crippen LogP contribution in [0.1, 0.15) is 11.3 Å². The van der Waals surface area contributed by atoms with Gasteiger partial charge in [-0.1, -0.05) is 23.8 Å². The highest BCUT2D eigenvalue weighted by molar-refractivity contribution is 6.16. The maximum Gasteiger partial charge on any atom is 0.219 e. The fraction of sp³-hybridized carbons (Fsp3) is 0.154. The third kappa shape index (κ3) is 2.74. The van der Waals surface area contributed by atoms with Crippen molar-refractivity contribution in [2.24, 2.45) is 0 Å². The van der Waals surface area contributed by atoms with Gasteiger partial charge in [0.25, 0.3) is 0 Å². The van der Waals surface area contributed by atoms with E-state index in [2.05, 4.69) is 4.98 Å². The molecule has 0 spiro atoms. The minimum atomic E-state index is 0.394. The molecule has 1 aromatic carbocycles. The molecule has 0 saturated heterocycles. The van der Waals surface area contributed by atoms with Gasteiger partial charge in [0.05, 0.1) is 11.6 Å². The first kappa shape index (κ1) is 11.0. The zero-order valence-electron chi connectivity index (χ0n) is 8.98. The first-order valence-electron chi connectivity index (χ1n) is 5.04. The van der Waals surface area contributed by atoms with Crippen molar-refractivity contribution in [3.8, 4) is 11.6 Å². The van der Waals surface area contributed by atoms with Crippen molar-refractivity contribution < 1.29 is 4.74 Å². The number of halogens is 1. The molecule has 0 saturated carbocycles. The molecule has 2 rings (SSSR count). The third-order valence-electron chi connectivity index (χ3n) is 2.16. The van der Waals surface area contributed by atoms with Gasteiger partial charge in [-0.25, -0.2) is 4.98 Å². The van der Waals surface area contributed by atoms with Gasteiger partial charge in [0.15, 0.2) is 0 Å². The summed E-state index contributed by atoms with van der Waals surface area (Å²) in [5, 5.41) is 0. The smallest absolute Gasteiger partial charge is 0.219 e. The van der Waals surface area contributed by atoms with Gasteiger partial charge in [0, 0.05) is 6.07 Å². The molecule has 16 heavy (non-hydrogen) atoms. The zero-order chi connectivity index (χ0) is 11.4. The van der Waals surface area contributed by atoms with Gasteiger partial charge in [0.2, 0.25) is 5.88 Å². The van der Waals surface area contributed by atoms with Crippen LogP contribution < -0.4 is 4.74 Å². The number of pyridine rings is 1. The largest absolute Gasteiger partial charge is 0.439 e. The molecule has 82 valence electrons. The Hall–Kier alpha value is -1.54. The highest BCUT2D eigenvalue weighted by atomic mass is 35.5. The average Bonchev–Trinajstić information content (AvgIpc) is 2.32. The van der Waals surface area contributed by atoms with Crippen molar-refractivity contribution in [3.63, 3.8) is 0 Å². The van der Waals surface area contributed by atoms with Gasteiger partial charge < -0.3 is 4.74 Å². The lowest BCUT2D eigenvalue weighted by Crippen LogP contribution is -1.90. The van der Waals surface area contributed by atoms with E-state index < -0.39 is 0 Å². The van der Waals surface area contributed by atoms with Crippen LogP contribution in [0.3, 0.4) is 0 Å². The Morgan fingerprint density at radius 2 is 1.88 bits per heavy atom. The van der Waals surface area contributed by atoms with E-state index in [4.69, 9.17) is 16.3 Å². The quantitative estimate of drug-likeness (QED) is 0.750. The molecular weight excluding hydrogens is 222 g/mol. The molecule has 0 aliphatic heterocycles. The number of hydrogen-bond donors (Lipinski definition) is 0. The number of aromatic nitrogens is 1. The maximum absolute atomic E-state index is 5.70. The highest BCUT2D eigenvalue weighted by Gasteiger charge is 1.99. The number of rotatable bonds is 3.